The zero-order valence-corrected chi connectivity index (χ0v) is 3.86. The van der Waals surface area contributed by atoms with Crippen molar-refractivity contribution in [2.75, 3.05) is 0 Å². The Hall–Kier alpha value is -0.460. The second-order valence-corrected chi connectivity index (χ2v) is 1.69. The number of hydrogen-bond acceptors (Lipinski definition) is 1. The Bertz CT molecular complexity index is 82.1. The number of rotatable bonds is 0. The zero-order valence-electron chi connectivity index (χ0n) is 3.86. The van der Waals surface area contributed by atoms with Crippen LogP contribution in [0.3, 0.4) is 0 Å². The van der Waals surface area contributed by atoms with Crippen molar-refractivity contribution in [1.82, 2.24) is 0 Å². The van der Waals surface area contributed by atoms with Crippen molar-refractivity contribution in [2.24, 2.45) is 0 Å². The molecule has 1 nitrogen and oxygen atoms in total. The summed E-state index contributed by atoms with van der Waals surface area (Å²) in [5, 5.41) is 8.57. The Morgan fingerprint density at radius 2 is 2.17 bits per heavy atom. The van der Waals surface area contributed by atoms with E-state index in [4.69, 9.17) is 5.11 Å². The summed E-state index contributed by atoms with van der Waals surface area (Å²) in [5.74, 6) is 0.537. The fourth-order valence-electron chi connectivity index (χ4n) is 0.424. The van der Waals surface area contributed by atoms with Crippen LogP contribution in [0, 0.1) is 0 Å². The summed E-state index contributed by atoms with van der Waals surface area (Å²) < 4.78 is 0. The Balaban J connectivity index is 2.61. The molecule has 6 heavy (non-hydrogen) atoms. The first kappa shape index (κ1) is 3.72. The van der Waals surface area contributed by atoms with Gasteiger partial charge in [0.1, 0.15) is 0 Å². The largest absolute Gasteiger partial charge is 0.513 e. The third-order valence-corrected chi connectivity index (χ3v) is 1.01. The molecule has 0 aromatic heterocycles. The van der Waals surface area contributed by atoms with E-state index in [1.165, 1.54) is 5.57 Å². The maximum atomic E-state index is 8.57. The zero-order chi connectivity index (χ0) is 4.57. The van der Waals surface area contributed by atoms with Gasteiger partial charge in [-0.05, 0) is 25.3 Å². The van der Waals surface area contributed by atoms with Crippen LogP contribution in [0.4, 0.5) is 0 Å². The third kappa shape index (κ3) is 0.534. The van der Waals surface area contributed by atoms with E-state index in [0.717, 1.165) is 12.8 Å². The molecule has 0 aromatic rings. The fourth-order valence-corrected chi connectivity index (χ4v) is 0.424. The minimum absolute atomic E-state index is 0.537. The molecule has 0 atom stereocenters. The summed E-state index contributed by atoms with van der Waals surface area (Å²) in [5.41, 5.74) is 1.23. The number of hydrogen-bond donors (Lipinski definition) is 1. The lowest BCUT2D eigenvalue weighted by molar-refractivity contribution is 0.411. The summed E-state index contributed by atoms with van der Waals surface area (Å²) in [6.07, 6.45) is 2.25. The van der Waals surface area contributed by atoms with Gasteiger partial charge in [0.25, 0.3) is 0 Å². The summed E-state index contributed by atoms with van der Waals surface area (Å²) in [6.45, 7) is 1.74. The molecule has 0 radical (unpaired) electrons. The van der Waals surface area contributed by atoms with Gasteiger partial charge in [0.15, 0.2) is 0 Å². The van der Waals surface area contributed by atoms with Crippen molar-refractivity contribution in [2.45, 2.75) is 19.8 Å². The molecule has 34 valence electrons. The molecule has 1 rings (SSSR count). The Labute approximate surface area is 37.3 Å². The Kier molecular flexibility index (Phi) is 0.621. The fraction of sp³-hybridized carbons (Fsp3) is 0.600. The molecule has 0 spiro atoms. The first-order valence-electron chi connectivity index (χ1n) is 2.18. The predicted molar refractivity (Wildman–Crippen MR) is 24.6 cm³/mol. The van der Waals surface area contributed by atoms with Crippen LogP contribution in [0.1, 0.15) is 19.8 Å². The molecule has 0 bridgehead atoms. The van der Waals surface area contributed by atoms with Gasteiger partial charge >= 0.3 is 0 Å². The van der Waals surface area contributed by atoms with E-state index in [9.17, 15) is 0 Å². The summed E-state index contributed by atoms with van der Waals surface area (Å²) in [6, 6.07) is 0. The quantitative estimate of drug-likeness (QED) is 0.442. The molecule has 0 unspecified atom stereocenters. The highest BCUT2D eigenvalue weighted by atomic mass is 16.3. The van der Waals surface area contributed by atoms with Crippen molar-refractivity contribution in [3.8, 4) is 0 Å². The Morgan fingerprint density at radius 3 is 2.17 bits per heavy atom. The van der Waals surface area contributed by atoms with Gasteiger partial charge in [-0.15, -0.1) is 0 Å². The lowest BCUT2D eigenvalue weighted by Gasteiger charge is -1.77. The SMILES string of the molecule is CC(O)=C1CC1. The van der Waals surface area contributed by atoms with E-state index in [-0.39, 0.29) is 0 Å². The van der Waals surface area contributed by atoms with Crippen LogP contribution in [0.15, 0.2) is 11.3 Å². The normalized spacial score (nSPS) is 17.8. The van der Waals surface area contributed by atoms with Crippen LogP contribution in [-0.2, 0) is 0 Å². The van der Waals surface area contributed by atoms with Crippen LogP contribution in [-0.4, -0.2) is 5.11 Å². The van der Waals surface area contributed by atoms with Crippen LogP contribution in [0.5, 0.6) is 0 Å². The number of allylic oxidation sites excluding steroid dienone is 2. The third-order valence-electron chi connectivity index (χ3n) is 1.01. The van der Waals surface area contributed by atoms with Gasteiger partial charge in [0, 0.05) is 0 Å². The highest BCUT2D eigenvalue weighted by Crippen LogP contribution is 2.29. The van der Waals surface area contributed by atoms with Crippen LogP contribution in [0.2, 0.25) is 0 Å². The average Bonchev–Trinajstić information content (AvgIpc) is 2.06. The van der Waals surface area contributed by atoms with Gasteiger partial charge in [0.2, 0.25) is 0 Å². The van der Waals surface area contributed by atoms with Crippen molar-refractivity contribution in [1.29, 1.82) is 0 Å². The van der Waals surface area contributed by atoms with E-state index < -0.39 is 0 Å². The molecule has 1 saturated carbocycles. The predicted octanol–water partition coefficient (Wildman–Crippen LogP) is 1.61. The van der Waals surface area contributed by atoms with E-state index >= 15 is 0 Å². The number of aliphatic hydroxyl groups excluding tert-OH is 1. The van der Waals surface area contributed by atoms with Crippen LogP contribution >= 0.6 is 0 Å². The van der Waals surface area contributed by atoms with Crippen LogP contribution < -0.4 is 0 Å². The summed E-state index contributed by atoms with van der Waals surface area (Å²) in [4.78, 5) is 0. The van der Waals surface area contributed by atoms with E-state index in [1.54, 1.807) is 6.92 Å². The second-order valence-electron chi connectivity index (χ2n) is 1.69. The van der Waals surface area contributed by atoms with Crippen LogP contribution in [0.25, 0.3) is 0 Å². The molecule has 1 heteroatoms. The minimum Gasteiger partial charge on any atom is -0.513 e. The topological polar surface area (TPSA) is 20.2 Å². The molecule has 0 amide bonds. The second kappa shape index (κ2) is 1.00. The highest BCUT2D eigenvalue weighted by molar-refractivity contribution is 5.18. The molecule has 0 saturated heterocycles. The van der Waals surface area contributed by atoms with Gasteiger partial charge < -0.3 is 5.11 Å². The summed E-state index contributed by atoms with van der Waals surface area (Å²) in [7, 11) is 0. The van der Waals surface area contributed by atoms with Gasteiger partial charge in [-0.1, -0.05) is 0 Å². The standard InChI is InChI=1S/C5H8O/c1-4(6)5-2-3-5/h6H,2-3H2,1H3. The molecule has 0 aromatic carbocycles. The average molecular weight is 84.1 g/mol. The van der Waals surface area contributed by atoms with E-state index in [2.05, 4.69) is 0 Å². The van der Waals surface area contributed by atoms with E-state index in [1.807, 2.05) is 0 Å². The number of aliphatic hydroxyl groups is 1. The lowest BCUT2D eigenvalue weighted by atomic mass is 10.5. The maximum Gasteiger partial charge on any atom is 0.0883 e. The molecule has 0 aliphatic heterocycles. The Morgan fingerprint density at radius 1 is 1.67 bits per heavy atom. The van der Waals surface area contributed by atoms with Crippen molar-refractivity contribution >= 4 is 0 Å². The minimum atomic E-state index is 0.537. The molecule has 1 fully saturated rings. The van der Waals surface area contributed by atoms with Gasteiger partial charge in [-0.25, -0.2) is 0 Å². The molecule has 1 N–H and O–H groups in total. The lowest BCUT2D eigenvalue weighted by Crippen LogP contribution is -1.63. The van der Waals surface area contributed by atoms with Gasteiger partial charge in [-0.3, -0.25) is 0 Å². The van der Waals surface area contributed by atoms with Crippen molar-refractivity contribution in [3.63, 3.8) is 0 Å². The highest BCUT2D eigenvalue weighted by Gasteiger charge is 2.13. The monoisotopic (exact) mass is 84.1 g/mol. The van der Waals surface area contributed by atoms with Crippen molar-refractivity contribution in [3.05, 3.63) is 11.3 Å². The molecular weight excluding hydrogens is 76.1 g/mol. The smallest absolute Gasteiger partial charge is 0.0883 e. The van der Waals surface area contributed by atoms with Gasteiger partial charge in [-0.2, -0.15) is 0 Å². The van der Waals surface area contributed by atoms with E-state index in [0.29, 0.717) is 5.76 Å². The van der Waals surface area contributed by atoms with Crippen molar-refractivity contribution < 1.29 is 5.11 Å². The van der Waals surface area contributed by atoms with Gasteiger partial charge in [0.05, 0.1) is 5.76 Å². The first-order chi connectivity index (χ1) is 2.80. The maximum absolute atomic E-state index is 8.57. The molecule has 1 aliphatic carbocycles. The molecule has 0 heterocycles. The molecular formula is C5H8O. The first-order valence-corrected chi connectivity index (χ1v) is 2.18. The summed E-state index contributed by atoms with van der Waals surface area (Å²) >= 11 is 0. The molecule has 1 aliphatic rings.